The molecule has 0 radical (unpaired) electrons. The molecule has 0 bridgehead atoms. The van der Waals surface area contributed by atoms with Gasteiger partial charge in [-0.05, 0) is 45.3 Å². The van der Waals surface area contributed by atoms with Crippen LogP contribution in [0.15, 0.2) is 22.5 Å². The number of piperazine rings is 1. The van der Waals surface area contributed by atoms with Crippen LogP contribution in [0.25, 0.3) is 0 Å². The van der Waals surface area contributed by atoms with Gasteiger partial charge >= 0.3 is 0 Å². The number of guanidine groups is 1. The number of anilines is 1. The predicted octanol–water partition coefficient (Wildman–Crippen LogP) is 2.18. The van der Waals surface area contributed by atoms with E-state index in [2.05, 4.69) is 65.3 Å². The molecule has 1 aromatic heterocycles. The van der Waals surface area contributed by atoms with Crippen molar-refractivity contribution in [1.82, 2.24) is 15.1 Å². The first-order chi connectivity index (χ1) is 11.1. The monoisotopic (exact) mass is 337 g/mol. The molecule has 0 amide bonds. The number of hydrogen-bond acceptors (Lipinski definition) is 4. The third-order valence-electron chi connectivity index (χ3n) is 4.33. The minimum atomic E-state index is 0.571. The van der Waals surface area contributed by atoms with Crippen LogP contribution < -0.4 is 10.2 Å². The Morgan fingerprint density at radius 2 is 2.09 bits per heavy atom. The second-order valence-electron chi connectivity index (χ2n) is 6.24. The smallest absolute Gasteiger partial charge is 0.194 e. The molecule has 1 aromatic rings. The fourth-order valence-electron chi connectivity index (χ4n) is 2.59. The number of thiophene rings is 1. The first-order valence-electron chi connectivity index (χ1n) is 8.63. The van der Waals surface area contributed by atoms with E-state index in [1.807, 2.05) is 11.3 Å². The van der Waals surface area contributed by atoms with Crippen LogP contribution in [0.3, 0.4) is 0 Å². The third-order valence-corrected chi connectivity index (χ3v) is 5.26. The Bertz CT molecular complexity index is 463. The van der Waals surface area contributed by atoms with E-state index in [9.17, 15) is 0 Å². The van der Waals surface area contributed by atoms with Crippen molar-refractivity contribution in [2.24, 2.45) is 4.99 Å². The summed E-state index contributed by atoms with van der Waals surface area (Å²) in [7, 11) is 2.16. The summed E-state index contributed by atoms with van der Waals surface area (Å²) >= 11 is 1.83. The molecular weight excluding hydrogens is 306 g/mol. The highest BCUT2D eigenvalue weighted by atomic mass is 32.1. The Balaban J connectivity index is 1.86. The molecule has 23 heavy (non-hydrogen) atoms. The van der Waals surface area contributed by atoms with Crippen LogP contribution in [0.4, 0.5) is 5.00 Å². The largest absolute Gasteiger partial charge is 0.360 e. The fraction of sp³-hybridized carbons (Fsp3) is 0.706. The van der Waals surface area contributed by atoms with Gasteiger partial charge < -0.3 is 20.0 Å². The minimum absolute atomic E-state index is 0.571. The summed E-state index contributed by atoms with van der Waals surface area (Å²) in [6.45, 7) is 13.5. The number of aliphatic imine (C=N–C) groups is 1. The summed E-state index contributed by atoms with van der Waals surface area (Å²) in [5.41, 5.74) is 0. The topological polar surface area (TPSA) is 34.1 Å². The van der Waals surface area contributed by atoms with Crippen LogP contribution in [0.5, 0.6) is 0 Å². The summed E-state index contributed by atoms with van der Waals surface area (Å²) in [5.74, 6) is 1.07. The maximum Gasteiger partial charge on any atom is 0.194 e. The van der Waals surface area contributed by atoms with E-state index in [1.165, 1.54) is 5.00 Å². The Morgan fingerprint density at radius 1 is 1.35 bits per heavy atom. The maximum absolute atomic E-state index is 4.82. The first kappa shape index (κ1) is 18.1. The molecule has 1 N–H and O–H groups in total. The minimum Gasteiger partial charge on any atom is -0.360 e. The first-order valence-corrected chi connectivity index (χ1v) is 9.51. The van der Waals surface area contributed by atoms with Crippen molar-refractivity contribution < 1.29 is 0 Å². The normalized spacial score (nSPS) is 16.5. The molecule has 130 valence electrons. The second-order valence-corrected chi connectivity index (χ2v) is 7.16. The highest BCUT2D eigenvalue weighted by molar-refractivity contribution is 7.14. The van der Waals surface area contributed by atoms with E-state index in [0.717, 1.165) is 51.8 Å². The molecule has 1 aliphatic heterocycles. The van der Waals surface area contributed by atoms with Crippen molar-refractivity contribution >= 4 is 22.3 Å². The van der Waals surface area contributed by atoms with Crippen LogP contribution in [-0.2, 0) is 0 Å². The molecule has 1 fully saturated rings. The lowest BCUT2D eigenvalue weighted by atomic mass is 10.3. The van der Waals surface area contributed by atoms with Gasteiger partial charge in [0, 0.05) is 45.3 Å². The third kappa shape index (κ3) is 5.39. The van der Waals surface area contributed by atoms with Crippen LogP contribution in [0, 0.1) is 0 Å². The van der Waals surface area contributed by atoms with Gasteiger partial charge in [0.15, 0.2) is 5.96 Å². The summed E-state index contributed by atoms with van der Waals surface area (Å²) < 4.78 is 0. The van der Waals surface area contributed by atoms with E-state index < -0.39 is 0 Å². The maximum atomic E-state index is 4.82. The number of hydrogen-bond donors (Lipinski definition) is 1. The van der Waals surface area contributed by atoms with Gasteiger partial charge in [-0.15, -0.1) is 11.3 Å². The van der Waals surface area contributed by atoms with E-state index in [-0.39, 0.29) is 0 Å². The molecule has 0 aliphatic carbocycles. The van der Waals surface area contributed by atoms with Crippen LogP contribution in [-0.4, -0.2) is 74.7 Å². The van der Waals surface area contributed by atoms with E-state index in [1.54, 1.807) is 0 Å². The van der Waals surface area contributed by atoms with Crippen molar-refractivity contribution in [2.45, 2.75) is 26.8 Å². The predicted molar refractivity (Wildman–Crippen MR) is 102 cm³/mol. The van der Waals surface area contributed by atoms with Crippen molar-refractivity contribution in [3.8, 4) is 0 Å². The zero-order valence-corrected chi connectivity index (χ0v) is 15.8. The lowest BCUT2D eigenvalue weighted by molar-refractivity contribution is 0.281. The van der Waals surface area contributed by atoms with Gasteiger partial charge in [-0.1, -0.05) is 0 Å². The molecule has 0 aromatic carbocycles. The van der Waals surface area contributed by atoms with Gasteiger partial charge in [-0.25, -0.2) is 0 Å². The summed E-state index contributed by atoms with van der Waals surface area (Å²) in [5, 5.41) is 6.98. The van der Waals surface area contributed by atoms with Gasteiger partial charge in [0.2, 0.25) is 0 Å². The molecule has 5 nitrogen and oxygen atoms in total. The van der Waals surface area contributed by atoms with Crippen molar-refractivity contribution in [3.05, 3.63) is 17.5 Å². The lowest BCUT2D eigenvalue weighted by Crippen LogP contribution is -2.52. The zero-order chi connectivity index (χ0) is 16.7. The SMILES string of the molecule is CCNC(=NCCN(C)C(C)C)N1CCN(c2cccs2)CC1. The van der Waals surface area contributed by atoms with E-state index in [0.29, 0.717) is 6.04 Å². The number of nitrogens with zero attached hydrogens (tertiary/aromatic N) is 4. The second kappa shape index (κ2) is 9.13. The van der Waals surface area contributed by atoms with Gasteiger partial charge in [0.05, 0.1) is 11.5 Å². The number of nitrogens with one attached hydrogen (secondary N) is 1. The van der Waals surface area contributed by atoms with Gasteiger partial charge in [0.25, 0.3) is 0 Å². The highest BCUT2D eigenvalue weighted by Crippen LogP contribution is 2.22. The quantitative estimate of drug-likeness (QED) is 0.637. The molecule has 1 aliphatic rings. The standard InChI is InChI=1S/C17H31N5S/c1-5-18-17(19-8-9-20(4)15(2)3)22-12-10-21(11-13-22)16-7-6-14-23-16/h6-7,14-15H,5,8-13H2,1-4H3,(H,18,19). The molecule has 0 atom stereocenters. The highest BCUT2D eigenvalue weighted by Gasteiger charge is 2.20. The van der Waals surface area contributed by atoms with Gasteiger partial charge in [0.1, 0.15) is 0 Å². The molecule has 2 heterocycles. The molecule has 2 rings (SSSR count). The Morgan fingerprint density at radius 3 is 2.65 bits per heavy atom. The Hall–Kier alpha value is -1.27. The van der Waals surface area contributed by atoms with E-state index in [4.69, 9.17) is 4.99 Å². The van der Waals surface area contributed by atoms with Crippen LogP contribution >= 0.6 is 11.3 Å². The molecule has 6 heteroatoms. The summed E-state index contributed by atoms with van der Waals surface area (Å²) in [6.07, 6.45) is 0. The van der Waals surface area contributed by atoms with E-state index >= 15 is 0 Å². The van der Waals surface area contributed by atoms with Crippen molar-refractivity contribution in [2.75, 3.05) is 57.8 Å². The average molecular weight is 338 g/mol. The molecule has 0 saturated carbocycles. The number of rotatable bonds is 6. The summed E-state index contributed by atoms with van der Waals surface area (Å²) in [6, 6.07) is 4.91. The average Bonchev–Trinajstić information content (AvgIpc) is 3.08. The van der Waals surface area contributed by atoms with Crippen molar-refractivity contribution in [1.29, 1.82) is 0 Å². The van der Waals surface area contributed by atoms with Gasteiger partial charge in [-0.3, -0.25) is 4.99 Å². The lowest BCUT2D eigenvalue weighted by Gasteiger charge is -2.37. The Kier molecular flexibility index (Phi) is 7.17. The Labute approximate surface area is 145 Å². The number of likely N-dealkylation sites (N-methyl/N-ethyl adjacent to an activating group) is 1. The molecular formula is C17H31N5S. The fourth-order valence-corrected chi connectivity index (χ4v) is 3.37. The molecule has 0 spiro atoms. The van der Waals surface area contributed by atoms with Crippen LogP contribution in [0.1, 0.15) is 20.8 Å². The van der Waals surface area contributed by atoms with Gasteiger partial charge in [-0.2, -0.15) is 0 Å². The molecule has 1 saturated heterocycles. The van der Waals surface area contributed by atoms with Crippen LogP contribution in [0.2, 0.25) is 0 Å². The molecule has 0 unspecified atom stereocenters. The zero-order valence-electron chi connectivity index (χ0n) is 15.0. The summed E-state index contributed by atoms with van der Waals surface area (Å²) in [4.78, 5) is 12.0. The van der Waals surface area contributed by atoms with Crippen molar-refractivity contribution in [3.63, 3.8) is 0 Å².